The number of esters is 1. The molecule has 0 bridgehead atoms. The van der Waals surface area contributed by atoms with Gasteiger partial charge in [0.15, 0.2) is 0 Å². The van der Waals surface area contributed by atoms with Gasteiger partial charge in [-0.2, -0.15) is 8.42 Å². The SMILES string of the molecule is Cc1ccc(S(=O)(=O)OC2=CC(=O)OC(C)C2)cc1. The van der Waals surface area contributed by atoms with Crippen LogP contribution in [0.2, 0.25) is 0 Å². The van der Waals surface area contributed by atoms with E-state index < -0.39 is 16.1 Å². The van der Waals surface area contributed by atoms with E-state index in [9.17, 15) is 13.2 Å². The molecule has 1 aliphatic heterocycles. The molecule has 1 heterocycles. The molecule has 5 nitrogen and oxygen atoms in total. The quantitative estimate of drug-likeness (QED) is 0.625. The van der Waals surface area contributed by atoms with Crippen LogP contribution in [0.1, 0.15) is 18.9 Å². The number of rotatable bonds is 3. The van der Waals surface area contributed by atoms with Crippen LogP contribution >= 0.6 is 0 Å². The van der Waals surface area contributed by atoms with Crippen LogP contribution < -0.4 is 0 Å². The van der Waals surface area contributed by atoms with Crippen molar-refractivity contribution >= 4 is 16.1 Å². The Kier molecular flexibility index (Phi) is 3.61. The Morgan fingerprint density at radius 3 is 2.47 bits per heavy atom. The average Bonchev–Trinajstić information content (AvgIpc) is 2.27. The molecule has 0 saturated carbocycles. The van der Waals surface area contributed by atoms with E-state index in [-0.39, 0.29) is 23.2 Å². The summed E-state index contributed by atoms with van der Waals surface area (Å²) in [7, 11) is -3.90. The van der Waals surface area contributed by atoms with Crippen LogP contribution in [0.5, 0.6) is 0 Å². The summed E-state index contributed by atoms with van der Waals surface area (Å²) >= 11 is 0. The molecule has 0 aromatic heterocycles. The van der Waals surface area contributed by atoms with Gasteiger partial charge in [0.05, 0.1) is 6.08 Å². The molecule has 1 atom stereocenters. The van der Waals surface area contributed by atoms with Gasteiger partial charge in [-0.1, -0.05) is 17.7 Å². The van der Waals surface area contributed by atoms with Crippen molar-refractivity contribution in [3.63, 3.8) is 0 Å². The molecule has 1 unspecified atom stereocenters. The van der Waals surface area contributed by atoms with Gasteiger partial charge < -0.3 is 8.92 Å². The molecule has 0 radical (unpaired) electrons. The lowest BCUT2D eigenvalue weighted by atomic mass is 10.2. The standard InChI is InChI=1S/C13H14O5S/c1-9-3-5-12(6-4-9)19(15,16)18-11-7-10(2)17-13(14)8-11/h3-6,8,10H,7H2,1-2H3. The first kappa shape index (κ1) is 13.6. The molecule has 2 rings (SSSR count). The fraction of sp³-hybridized carbons (Fsp3) is 0.308. The second-order valence-electron chi connectivity index (χ2n) is 4.41. The zero-order chi connectivity index (χ0) is 14.0. The molecule has 0 N–H and O–H groups in total. The number of carbonyl (C=O) groups excluding carboxylic acids is 1. The summed E-state index contributed by atoms with van der Waals surface area (Å²) in [6.45, 7) is 3.53. The second kappa shape index (κ2) is 5.05. The number of benzene rings is 1. The average molecular weight is 282 g/mol. The van der Waals surface area contributed by atoms with E-state index in [1.54, 1.807) is 19.1 Å². The van der Waals surface area contributed by atoms with E-state index in [1.807, 2.05) is 6.92 Å². The van der Waals surface area contributed by atoms with Crippen molar-refractivity contribution in [1.82, 2.24) is 0 Å². The molecule has 1 aromatic carbocycles. The molecule has 6 heteroatoms. The van der Waals surface area contributed by atoms with E-state index in [2.05, 4.69) is 0 Å². The van der Waals surface area contributed by atoms with Crippen LogP contribution in [-0.2, 0) is 23.8 Å². The molecule has 0 amide bonds. The van der Waals surface area contributed by atoms with Gasteiger partial charge in [-0.15, -0.1) is 0 Å². The van der Waals surface area contributed by atoms with Crippen molar-refractivity contribution in [3.8, 4) is 0 Å². The molecular formula is C13H14O5S. The maximum Gasteiger partial charge on any atom is 0.338 e. The normalized spacial score (nSPS) is 19.6. The highest BCUT2D eigenvalue weighted by atomic mass is 32.2. The molecule has 1 aromatic rings. The van der Waals surface area contributed by atoms with Crippen LogP contribution in [0, 0.1) is 6.92 Å². The highest BCUT2D eigenvalue weighted by Crippen LogP contribution is 2.22. The fourth-order valence-electron chi connectivity index (χ4n) is 1.70. The molecule has 0 fully saturated rings. The minimum Gasteiger partial charge on any atom is -0.459 e. The Morgan fingerprint density at radius 1 is 1.26 bits per heavy atom. The maximum atomic E-state index is 12.0. The summed E-state index contributed by atoms with van der Waals surface area (Å²) in [4.78, 5) is 11.2. The van der Waals surface area contributed by atoms with Gasteiger partial charge in [-0.05, 0) is 26.0 Å². The predicted molar refractivity (Wildman–Crippen MR) is 67.7 cm³/mol. The van der Waals surface area contributed by atoms with Gasteiger partial charge in [0.2, 0.25) is 0 Å². The van der Waals surface area contributed by atoms with Crippen molar-refractivity contribution in [3.05, 3.63) is 41.7 Å². The molecule has 0 saturated heterocycles. The van der Waals surface area contributed by atoms with E-state index in [0.717, 1.165) is 11.6 Å². The predicted octanol–water partition coefficient (Wildman–Crippen LogP) is 1.92. The molecule has 0 spiro atoms. The highest BCUT2D eigenvalue weighted by Gasteiger charge is 2.24. The minimum atomic E-state index is -3.90. The van der Waals surface area contributed by atoms with Crippen LogP contribution in [0.15, 0.2) is 41.0 Å². The van der Waals surface area contributed by atoms with Crippen molar-refractivity contribution in [2.24, 2.45) is 0 Å². The monoisotopic (exact) mass is 282 g/mol. The van der Waals surface area contributed by atoms with Gasteiger partial charge >= 0.3 is 16.1 Å². The molecule has 1 aliphatic rings. The van der Waals surface area contributed by atoms with Crippen LogP contribution in [0.4, 0.5) is 0 Å². The number of carbonyl (C=O) groups is 1. The van der Waals surface area contributed by atoms with E-state index in [0.29, 0.717) is 0 Å². The van der Waals surface area contributed by atoms with Crippen LogP contribution in [-0.4, -0.2) is 20.5 Å². The van der Waals surface area contributed by atoms with Gasteiger partial charge in [0.25, 0.3) is 0 Å². The number of cyclic esters (lactones) is 1. The summed E-state index contributed by atoms with van der Waals surface area (Å²) in [5.41, 5.74) is 0.952. The van der Waals surface area contributed by atoms with E-state index in [1.165, 1.54) is 12.1 Å². The van der Waals surface area contributed by atoms with Gasteiger partial charge in [-0.3, -0.25) is 0 Å². The summed E-state index contributed by atoms with van der Waals surface area (Å²) in [6, 6.07) is 6.30. The number of hydrogen-bond donors (Lipinski definition) is 0. The lowest BCUT2D eigenvalue weighted by molar-refractivity contribution is -0.143. The first-order valence-corrected chi connectivity index (χ1v) is 7.20. The zero-order valence-electron chi connectivity index (χ0n) is 10.6. The molecule has 19 heavy (non-hydrogen) atoms. The third-order valence-electron chi connectivity index (χ3n) is 2.61. The number of hydrogen-bond acceptors (Lipinski definition) is 5. The topological polar surface area (TPSA) is 69.7 Å². The molecular weight excluding hydrogens is 268 g/mol. The Labute approximate surface area is 112 Å². The van der Waals surface area contributed by atoms with Crippen molar-refractivity contribution in [2.75, 3.05) is 0 Å². The van der Waals surface area contributed by atoms with Crippen molar-refractivity contribution < 1.29 is 22.1 Å². The Balaban J connectivity index is 2.22. The number of ether oxygens (including phenoxy) is 1. The Bertz CT molecular complexity index is 613. The minimum absolute atomic E-state index is 0.0607. The maximum absolute atomic E-state index is 12.0. The van der Waals surface area contributed by atoms with Gasteiger partial charge in [0.1, 0.15) is 16.8 Å². The summed E-state index contributed by atoms with van der Waals surface area (Å²) in [5, 5.41) is 0. The van der Waals surface area contributed by atoms with Crippen LogP contribution in [0.25, 0.3) is 0 Å². The van der Waals surface area contributed by atoms with Crippen molar-refractivity contribution in [1.29, 1.82) is 0 Å². The first-order chi connectivity index (χ1) is 8.87. The third kappa shape index (κ3) is 3.35. The zero-order valence-corrected chi connectivity index (χ0v) is 11.4. The lowest BCUT2D eigenvalue weighted by Crippen LogP contribution is -2.22. The second-order valence-corrected chi connectivity index (χ2v) is 5.96. The largest absolute Gasteiger partial charge is 0.459 e. The van der Waals surface area contributed by atoms with Gasteiger partial charge in [0, 0.05) is 6.42 Å². The summed E-state index contributed by atoms with van der Waals surface area (Å²) in [6.07, 6.45) is 0.920. The smallest absolute Gasteiger partial charge is 0.338 e. The Hall–Kier alpha value is -1.82. The van der Waals surface area contributed by atoms with Crippen molar-refractivity contribution in [2.45, 2.75) is 31.3 Å². The van der Waals surface area contributed by atoms with E-state index >= 15 is 0 Å². The molecule has 102 valence electrons. The third-order valence-corrected chi connectivity index (χ3v) is 3.89. The number of aryl methyl sites for hydroxylation is 1. The Morgan fingerprint density at radius 2 is 1.89 bits per heavy atom. The fourth-order valence-corrected chi connectivity index (χ4v) is 2.66. The van der Waals surface area contributed by atoms with Gasteiger partial charge in [-0.25, -0.2) is 4.79 Å². The summed E-state index contributed by atoms with van der Waals surface area (Å²) in [5.74, 6) is -0.489. The highest BCUT2D eigenvalue weighted by molar-refractivity contribution is 7.86. The summed E-state index contributed by atoms with van der Waals surface area (Å²) < 4.78 is 33.9. The lowest BCUT2D eigenvalue weighted by Gasteiger charge is -2.19. The van der Waals surface area contributed by atoms with Crippen LogP contribution in [0.3, 0.4) is 0 Å². The van der Waals surface area contributed by atoms with E-state index in [4.69, 9.17) is 8.92 Å². The first-order valence-electron chi connectivity index (χ1n) is 5.79. The molecule has 0 aliphatic carbocycles.